The van der Waals surface area contributed by atoms with Crippen molar-refractivity contribution >= 4 is 20.0 Å². The maximum Gasteiger partial charge on any atom is 0.243 e. The molecule has 0 saturated carbocycles. The second-order valence-electron chi connectivity index (χ2n) is 11.3. The van der Waals surface area contributed by atoms with E-state index in [0.717, 1.165) is 0 Å². The second-order valence-corrected chi connectivity index (χ2v) is 15.1. The molecule has 0 radical (unpaired) electrons. The van der Waals surface area contributed by atoms with Crippen LogP contribution in [0.1, 0.15) is 55.4 Å². The molecule has 208 valence electrons. The van der Waals surface area contributed by atoms with Crippen LogP contribution in [-0.2, 0) is 20.0 Å². The highest BCUT2D eigenvalue weighted by molar-refractivity contribution is 7.89. The number of hydrogen-bond acceptors (Lipinski definition) is 5. The Morgan fingerprint density at radius 2 is 0.757 bits per heavy atom. The normalized spacial score (nSPS) is 13.0. The first kappa shape index (κ1) is 31.3. The molecular weight excluding hydrogens is 508 g/mol. The average molecular weight is 553 g/mol. The van der Waals surface area contributed by atoms with Crippen LogP contribution in [0.2, 0.25) is 0 Å². The minimum Gasteiger partial charge on any atom is -0.457 e. The van der Waals surface area contributed by atoms with Crippen LogP contribution in [0.4, 0.5) is 0 Å². The number of hydrogen-bond donors (Lipinski definition) is 0. The van der Waals surface area contributed by atoms with Gasteiger partial charge in [0.05, 0.1) is 9.79 Å². The Labute approximate surface area is 224 Å². The van der Waals surface area contributed by atoms with Crippen molar-refractivity contribution in [2.45, 2.75) is 65.2 Å². The highest BCUT2D eigenvalue weighted by Crippen LogP contribution is 2.27. The molecular formula is C28H44N2O5S2. The van der Waals surface area contributed by atoms with Gasteiger partial charge in [-0.1, -0.05) is 55.4 Å². The van der Waals surface area contributed by atoms with Crippen LogP contribution in [0.5, 0.6) is 11.5 Å². The number of benzene rings is 2. The Kier molecular flexibility index (Phi) is 11.2. The summed E-state index contributed by atoms with van der Waals surface area (Å²) in [5, 5.41) is 0. The third kappa shape index (κ3) is 9.09. The monoisotopic (exact) mass is 552 g/mol. The van der Waals surface area contributed by atoms with Crippen LogP contribution in [0.3, 0.4) is 0 Å². The van der Waals surface area contributed by atoms with E-state index >= 15 is 0 Å². The van der Waals surface area contributed by atoms with Crippen molar-refractivity contribution in [1.29, 1.82) is 0 Å². The number of nitrogens with zero attached hydrogens (tertiary/aromatic N) is 2. The zero-order valence-electron chi connectivity index (χ0n) is 23.5. The summed E-state index contributed by atoms with van der Waals surface area (Å²) in [6.45, 7) is 17.9. The largest absolute Gasteiger partial charge is 0.457 e. The lowest BCUT2D eigenvalue weighted by Crippen LogP contribution is -2.37. The Balaban J connectivity index is 2.20. The van der Waals surface area contributed by atoms with Crippen LogP contribution < -0.4 is 4.74 Å². The van der Waals surface area contributed by atoms with E-state index in [0.29, 0.717) is 37.7 Å². The van der Waals surface area contributed by atoms with Crippen LogP contribution in [0, 0.1) is 23.7 Å². The molecule has 7 nitrogen and oxygen atoms in total. The molecule has 0 atom stereocenters. The minimum atomic E-state index is -3.62. The van der Waals surface area contributed by atoms with Gasteiger partial charge in [-0.25, -0.2) is 16.8 Å². The summed E-state index contributed by atoms with van der Waals surface area (Å²) in [4.78, 5) is 0.441. The summed E-state index contributed by atoms with van der Waals surface area (Å²) in [7, 11) is -7.24. The van der Waals surface area contributed by atoms with Gasteiger partial charge in [0.25, 0.3) is 0 Å². The van der Waals surface area contributed by atoms with Gasteiger partial charge < -0.3 is 4.74 Å². The standard InChI is InChI=1S/C28H44N2O5S2/c1-21(2)17-29(18-22(3)4)36(31,32)27-13-9-25(10-14-27)35-26-11-15-28(16-12-26)37(33,34)30(19-23(5)6)20-24(7)8/h9-16,21-24H,17-20H2,1-8H3. The Morgan fingerprint density at radius 3 is 0.973 bits per heavy atom. The van der Waals surface area contributed by atoms with Gasteiger partial charge >= 0.3 is 0 Å². The second kappa shape index (κ2) is 13.2. The maximum absolute atomic E-state index is 13.2. The lowest BCUT2D eigenvalue weighted by atomic mass is 10.2. The van der Waals surface area contributed by atoms with Gasteiger partial charge in [0.15, 0.2) is 0 Å². The summed E-state index contributed by atoms with van der Waals surface area (Å²) in [5.41, 5.74) is 0. The van der Waals surface area contributed by atoms with Crippen LogP contribution >= 0.6 is 0 Å². The molecule has 2 aromatic carbocycles. The fraction of sp³-hybridized carbons (Fsp3) is 0.571. The summed E-state index contributed by atoms with van der Waals surface area (Å²) in [6.07, 6.45) is 0. The lowest BCUT2D eigenvalue weighted by molar-refractivity contribution is 0.333. The molecule has 0 N–H and O–H groups in total. The molecule has 0 amide bonds. The van der Waals surface area contributed by atoms with E-state index in [1.807, 2.05) is 55.4 Å². The van der Waals surface area contributed by atoms with E-state index in [9.17, 15) is 16.8 Å². The molecule has 0 saturated heterocycles. The highest BCUT2D eigenvalue weighted by Gasteiger charge is 2.27. The summed E-state index contributed by atoms with van der Waals surface area (Å²) >= 11 is 0. The van der Waals surface area contributed by atoms with Crippen molar-refractivity contribution < 1.29 is 21.6 Å². The molecule has 0 spiro atoms. The highest BCUT2D eigenvalue weighted by atomic mass is 32.2. The molecule has 0 unspecified atom stereocenters. The molecule has 2 rings (SSSR count). The van der Waals surface area contributed by atoms with Gasteiger partial charge in [-0.2, -0.15) is 8.61 Å². The molecule has 0 aliphatic carbocycles. The summed E-state index contributed by atoms with van der Waals surface area (Å²) in [5.74, 6) is 1.79. The van der Waals surface area contributed by atoms with Gasteiger partial charge in [0.2, 0.25) is 20.0 Å². The molecule has 2 aromatic rings. The van der Waals surface area contributed by atoms with Gasteiger partial charge in [0, 0.05) is 26.2 Å². The summed E-state index contributed by atoms with van der Waals surface area (Å²) in [6, 6.07) is 12.7. The number of ether oxygens (including phenoxy) is 1. The third-order valence-corrected chi connectivity index (χ3v) is 9.13. The molecule has 0 fully saturated rings. The fourth-order valence-corrected chi connectivity index (χ4v) is 7.50. The Morgan fingerprint density at radius 1 is 0.514 bits per heavy atom. The van der Waals surface area contributed by atoms with Crippen LogP contribution in [-0.4, -0.2) is 51.6 Å². The minimum absolute atomic E-state index is 0.214. The Hall–Kier alpha value is -1.94. The van der Waals surface area contributed by atoms with Crippen molar-refractivity contribution in [2.75, 3.05) is 26.2 Å². The lowest BCUT2D eigenvalue weighted by Gasteiger charge is -2.26. The first-order valence-corrected chi connectivity index (χ1v) is 15.9. The molecule has 9 heteroatoms. The van der Waals surface area contributed by atoms with E-state index in [-0.39, 0.29) is 33.5 Å². The average Bonchev–Trinajstić information content (AvgIpc) is 2.78. The van der Waals surface area contributed by atoms with Gasteiger partial charge in [0.1, 0.15) is 11.5 Å². The van der Waals surface area contributed by atoms with Crippen molar-refractivity contribution in [3.8, 4) is 11.5 Å². The predicted molar refractivity (Wildman–Crippen MR) is 150 cm³/mol. The zero-order valence-corrected chi connectivity index (χ0v) is 25.1. The van der Waals surface area contributed by atoms with Gasteiger partial charge in [-0.05, 0) is 72.2 Å². The quantitative estimate of drug-likeness (QED) is 0.283. The third-order valence-electron chi connectivity index (χ3n) is 5.43. The van der Waals surface area contributed by atoms with Crippen LogP contribution in [0.25, 0.3) is 0 Å². The van der Waals surface area contributed by atoms with E-state index < -0.39 is 20.0 Å². The smallest absolute Gasteiger partial charge is 0.243 e. The van der Waals surface area contributed by atoms with Crippen molar-refractivity contribution in [3.05, 3.63) is 48.5 Å². The first-order chi connectivity index (χ1) is 17.1. The van der Waals surface area contributed by atoms with E-state index in [1.165, 1.54) is 0 Å². The van der Waals surface area contributed by atoms with Crippen molar-refractivity contribution in [2.24, 2.45) is 23.7 Å². The van der Waals surface area contributed by atoms with Crippen molar-refractivity contribution in [1.82, 2.24) is 8.61 Å². The zero-order chi connectivity index (χ0) is 28.0. The van der Waals surface area contributed by atoms with Crippen LogP contribution in [0.15, 0.2) is 58.3 Å². The number of rotatable bonds is 14. The predicted octanol–water partition coefficient (Wildman–Crippen LogP) is 6.08. The topological polar surface area (TPSA) is 84.0 Å². The molecule has 0 aliphatic rings. The Bertz CT molecular complexity index is 1070. The molecule has 0 aromatic heterocycles. The van der Waals surface area contributed by atoms with E-state index in [4.69, 9.17) is 4.74 Å². The van der Waals surface area contributed by atoms with Crippen molar-refractivity contribution in [3.63, 3.8) is 0 Å². The molecule has 0 heterocycles. The van der Waals surface area contributed by atoms with E-state index in [1.54, 1.807) is 57.1 Å². The first-order valence-electron chi connectivity index (χ1n) is 13.0. The fourth-order valence-electron chi connectivity index (χ4n) is 3.96. The number of sulfonamides is 2. The van der Waals surface area contributed by atoms with Gasteiger partial charge in [-0.15, -0.1) is 0 Å². The molecule has 0 bridgehead atoms. The molecule has 0 aliphatic heterocycles. The molecule has 37 heavy (non-hydrogen) atoms. The summed E-state index contributed by atoms with van der Waals surface area (Å²) < 4.78 is 61.8. The maximum atomic E-state index is 13.2. The van der Waals surface area contributed by atoms with E-state index in [2.05, 4.69) is 0 Å². The SMILES string of the molecule is CC(C)CN(CC(C)C)S(=O)(=O)c1ccc(Oc2ccc(S(=O)(=O)N(CC(C)C)CC(C)C)cc2)cc1. The van der Waals surface area contributed by atoms with Gasteiger partial charge in [-0.3, -0.25) is 0 Å².